The van der Waals surface area contributed by atoms with Crippen molar-refractivity contribution in [3.8, 4) is 11.8 Å². The van der Waals surface area contributed by atoms with E-state index in [1.54, 1.807) is 0 Å². The van der Waals surface area contributed by atoms with E-state index in [0.29, 0.717) is 17.9 Å². The molecule has 0 radical (unpaired) electrons. The summed E-state index contributed by atoms with van der Waals surface area (Å²) in [4.78, 5) is 0. The molecule has 1 fully saturated rings. The fourth-order valence-corrected chi connectivity index (χ4v) is 2.35. The normalized spacial score (nSPS) is 24.4. The second-order valence-electron chi connectivity index (χ2n) is 4.55. The molecule has 0 aromatic heterocycles. The van der Waals surface area contributed by atoms with Crippen LogP contribution >= 0.6 is 0 Å². The van der Waals surface area contributed by atoms with Crippen LogP contribution in [0.2, 0.25) is 0 Å². The molecule has 0 heterocycles. The van der Waals surface area contributed by atoms with Crippen molar-refractivity contribution >= 4 is 0 Å². The van der Waals surface area contributed by atoms with Gasteiger partial charge >= 0.3 is 0 Å². The molecule has 1 aromatic rings. The van der Waals surface area contributed by atoms with Crippen LogP contribution in [0.5, 0.6) is 0 Å². The topological polar surface area (TPSA) is 26.0 Å². The summed E-state index contributed by atoms with van der Waals surface area (Å²) in [7, 11) is 0. The second-order valence-corrected chi connectivity index (χ2v) is 4.55. The van der Waals surface area contributed by atoms with E-state index in [-0.39, 0.29) is 0 Å². The van der Waals surface area contributed by atoms with Crippen LogP contribution < -0.4 is 5.73 Å². The lowest BCUT2D eigenvalue weighted by atomic mass is 10.0. The molecule has 1 saturated carbocycles. The highest BCUT2D eigenvalue weighted by Crippen LogP contribution is 2.49. The Morgan fingerprint density at radius 1 is 1.38 bits per heavy atom. The maximum atomic E-state index is 6.18. The molecule has 1 heteroatoms. The van der Waals surface area contributed by atoms with Crippen molar-refractivity contribution in [2.24, 2.45) is 11.7 Å². The third kappa shape index (κ3) is 2.65. The van der Waals surface area contributed by atoms with Gasteiger partial charge in [-0.25, -0.2) is 0 Å². The van der Waals surface area contributed by atoms with E-state index in [4.69, 9.17) is 5.73 Å². The molecule has 84 valence electrons. The van der Waals surface area contributed by atoms with E-state index in [1.807, 2.05) is 6.92 Å². The zero-order valence-corrected chi connectivity index (χ0v) is 9.82. The highest BCUT2D eigenvalue weighted by Gasteiger charge is 2.41. The van der Waals surface area contributed by atoms with Crippen LogP contribution in [0, 0.1) is 17.8 Å². The van der Waals surface area contributed by atoms with Crippen LogP contribution in [0.3, 0.4) is 0 Å². The fraction of sp³-hybridized carbons (Fsp3) is 0.467. The molecular weight excluding hydrogens is 194 g/mol. The van der Waals surface area contributed by atoms with Gasteiger partial charge in [0.15, 0.2) is 0 Å². The van der Waals surface area contributed by atoms with E-state index in [9.17, 15) is 0 Å². The Hall–Kier alpha value is -1.26. The van der Waals surface area contributed by atoms with Gasteiger partial charge in [-0.3, -0.25) is 0 Å². The smallest absolute Gasteiger partial charge is 0.0103 e. The van der Waals surface area contributed by atoms with Crippen molar-refractivity contribution in [3.05, 3.63) is 35.9 Å². The summed E-state index contributed by atoms with van der Waals surface area (Å²) in [6.45, 7) is 1.88. The third-order valence-corrected chi connectivity index (χ3v) is 3.40. The van der Waals surface area contributed by atoms with Gasteiger partial charge in [0, 0.05) is 12.5 Å². The van der Waals surface area contributed by atoms with Crippen LogP contribution in [0.25, 0.3) is 0 Å². The van der Waals surface area contributed by atoms with Crippen LogP contribution in [0.1, 0.15) is 37.7 Å². The molecule has 0 amide bonds. The first-order valence-electron chi connectivity index (χ1n) is 6.03. The minimum Gasteiger partial charge on any atom is -0.327 e. The van der Waals surface area contributed by atoms with Crippen molar-refractivity contribution in [1.29, 1.82) is 0 Å². The van der Waals surface area contributed by atoms with Crippen molar-refractivity contribution in [3.63, 3.8) is 0 Å². The van der Waals surface area contributed by atoms with Gasteiger partial charge in [-0.2, -0.15) is 0 Å². The number of hydrogen-bond donors (Lipinski definition) is 1. The molecule has 1 aliphatic carbocycles. The summed E-state index contributed by atoms with van der Waals surface area (Å²) in [5.41, 5.74) is 7.63. The highest BCUT2D eigenvalue weighted by atomic mass is 14.7. The molecule has 2 N–H and O–H groups in total. The summed E-state index contributed by atoms with van der Waals surface area (Å²) in [6, 6.07) is 11.0. The predicted molar refractivity (Wildman–Crippen MR) is 67.9 cm³/mol. The number of nitrogens with two attached hydrogens (primary N) is 1. The SMILES string of the molecule is CC#CCCC(N)C1CC1c1ccccc1. The van der Waals surface area contributed by atoms with Gasteiger partial charge in [0.2, 0.25) is 0 Å². The Morgan fingerprint density at radius 3 is 2.81 bits per heavy atom. The quantitative estimate of drug-likeness (QED) is 0.765. The summed E-state index contributed by atoms with van der Waals surface area (Å²) in [5, 5.41) is 0. The average Bonchev–Trinajstić information content (AvgIpc) is 3.10. The highest BCUT2D eigenvalue weighted by molar-refractivity contribution is 5.26. The third-order valence-electron chi connectivity index (χ3n) is 3.40. The Labute approximate surface area is 98.0 Å². The lowest BCUT2D eigenvalue weighted by Gasteiger charge is -2.09. The van der Waals surface area contributed by atoms with Gasteiger partial charge in [-0.1, -0.05) is 30.3 Å². The van der Waals surface area contributed by atoms with Gasteiger partial charge < -0.3 is 5.73 Å². The average molecular weight is 213 g/mol. The van der Waals surface area contributed by atoms with Gasteiger partial charge in [0.25, 0.3) is 0 Å². The monoisotopic (exact) mass is 213 g/mol. The van der Waals surface area contributed by atoms with Crippen LogP contribution in [-0.2, 0) is 0 Å². The Balaban J connectivity index is 1.84. The predicted octanol–water partition coefficient (Wildman–Crippen LogP) is 2.92. The first-order chi connectivity index (χ1) is 7.83. The number of rotatable bonds is 4. The zero-order valence-electron chi connectivity index (χ0n) is 9.82. The van der Waals surface area contributed by atoms with E-state index >= 15 is 0 Å². The van der Waals surface area contributed by atoms with Gasteiger partial charge in [-0.05, 0) is 37.2 Å². The molecule has 0 aliphatic heterocycles. The van der Waals surface area contributed by atoms with E-state index in [1.165, 1.54) is 12.0 Å². The van der Waals surface area contributed by atoms with E-state index in [0.717, 1.165) is 12.8 Å². The summed E-state index contributed by atoms with van der Waals surface area (Å²) in [6.07, 6.45) is 3.23. The summed E-state index contributed by atoms with van der Waals surface area (Å²) >= 11 is 0. The molecule has 1 aromatic carbocycles. The Morgan fingerprint density at radius 2 is 2.12 bits per heavy atom. The molecule has 1 aliphatic rings. The van der Waals surface area contributed by atoms with Gasteiger partial charge in [-0.15, -0.1) is 11.8 Å². The lowest BCUT2D eigenvalue weighted by molar-refractivity contribution is 0.547. The van der Waals surface area contributed by atoms with Crippen molar-refractivity contribution in [1.82, 2.24) is 0 Å². The molecular formula is C15H19N. The number of hydrogen-bond acceptors (Lipinski definition) is 1. The Bertz CT molecular complexity index is 385. The molecule has 0 spiro atoms. The largest absolute Gasteiger partial charge is 0.327 e. The second kappa shape index (κ2) is 5.18. The molecule has 3 unspecified atom stereocenters. The lowest BCUT2D eigenvalue weighted by Crippen LogP contribution is -2.22. The summed E-state index contributed by atoms with van der Waals surface area (Å²) in [5.74, 6) is 7.39. The zero-order chi connectivity index (χ0) is 11.4. The van der Waals surface area contributed by atoms with E-state index in [2.05, 4.69) is 42.2 Å². The molecule has 16 heavy (non-hydrogen) atoms. The van der Waals surface area contributed by atoms with Gasteiger partial charge in [0.1, 0.15) is 0 Å². The minimum atomic E-state index is 0.325. The molecule has 0 saturated heterocycles. The van der Waals surface area contributed by atoms with Crippen molar-refractivity contribution in [2.75, 3.05) is 0 Å². The molecule has 3 atom stereocenters. The minimum absolute atomic E-state index is 0.325. The first kappa shape index (κ1) is 11.2. The Kier molecular flexibility index (Phi) is 3.64. The van der Waals surface area contributed by atoms with Crippen molar-refractivity contribution in [2.45, 2.75) is 38.1 Å². The van der Waals surface area contributed by atoms with Crippen LogP contribution in [0.15, 0.2) is 30.3 Å². The van der Waals surface area contributed by atoms with Crippen molar-refractivity contribution < 1.29 is 0 Å². The standard InChI is InChI=1S/C15H19N/c1-2-3-5-10-15(16)14-11-13(14)12-8-6-4-7-9-12/h4,6-9,13-15H,5,10-11,16H2,1H3. The molecule has 2 rings (SSSR count). The van der Waals surface area contributed by atoms with Crippen LogP contribution in [-0.4, -0.2) is 6.04 Å². The maximum Gasteiger partial charge on any atom is 0.0103 e. The maximum absolute atomic E-state index is 6.18. The fourth-order valence-electron chi connectivity index (χ4n) is 2.35. The van der Waals surface area contributed by atoms with E-state index < -0.39 is 0 Å². The van der Waals surface area contributed by atoms with Gasteiger partial charge in [0.05, 0.1) is 0 Å². The first-order valence-corrected chi connectivity index (χ1v) is 6.03. The number of benzene rings is 1. The molecule has 0 bridgehead atoms. The van der Waals surface area contributed by atoms with Crippen LogP contribution in [0.4, 0.5) is 0 Å². The summed E-state index contributed by atoms with van der Waals surface area (Å²) < 4.78 is 0. The molecule has 1 nitrogen and oxygen atoms in total.